The zero-order valence-electron chi connectivity index (χ0n) is 59.0. The Hall–Kier alpha value is -10.9. The molecule has 2 aliphatic heterocycles. The summed E-state index contributed by atoms with van der Waals surface area (Å²) in [5.41, 5.74) is 31.6. The third-order valence-corrected chi connectivity index (χ3v) is 21.3. The lowest BCUT2D eigenvalue weighted by Crippen LogP contribution is -2.61. The first kappa shape index (κ1) is 61.7. The van der Waals surface area contributed by atoms with Crippen LogP contribution in [0.5, 0.6) is 0 Å². The van der Waals surface area contributed by atoms with E-state index in [0.29, 0.717) is 0 Å². The number of rotatable bonds is 8. The van der Waals surface area contributed by atoms with Crippen molar-refractivity contribution >= 4 is 101 Å². The van der Waals surface area contributed by atoms with E-state index in [1.807, 2.05) is 0 Å². The maximum Gasteiger partial charge on any atom is 0.252 e. The van der Waals surface area contributed by atoms with Gasteiger partial charge < -0.3 is 18.9 Å². The summed E-state index contributed by atoms with van der Waals surface area (Å²) in [6.45, 7) is 28.0. The highest BCUT2D eigenvalue weighted by molar-refractivity contribution is 7.00. The van der Waals surface area contributed by atoms with Crippen molar-refractivity contribution in [3.8, 4) is 55.9 Å². The number of hydrogen-bond donors (Lipinski definition) is 0. The number of fused-ring (bicyclic) bond motifs is 11. The molecule has 4 heterocycles. The van der Waals surface area contributed by atoms with Crippen molar-refractivity contribution in [2.24, 2.45) is 0 Å². The minimum absolute atomic E-state index is 0.102. The summed E-state index contributed by atoms with van der Waals surface area (Å²) in [5, 5.41) is 4.90. The molecule has 0 saturated heterocycles. The standard InChI is InChI=1S/C94H83BN4/c1-91(2,3)64-52-65(92(4,5)6)54-69(53-64)97-81-45-30-27-42-72(81)86-82(97)51-50-78-90(86)99(89-75(62-36-21-15-22-37-62)57-67(94(10,11)12)58-76(89)63-38-23-16-24-39-63)84-47-31-46-83-87(84)95(78)77-49-48-68(96-79-43-28-25-40-70(79)71-41-26-29-44-80(71)96)59-85(77)98(83)88-73(60-32-17-13-18-33-60)55-66(93(7,8)9)56-74(88)61-34-19-14-20-35-61/h13-59H,1-12H3. The van der Waals surface area contributed by atoms with E-state index >= 15 is 0 Å². The monoisotopic (exact) mass is 1280 g/mol. The van der Waals surface area contributed by atoms with Crippen LogP contribution in [0.4, 0.5) is 34.1 Å². The van der Waals surface area contributed by atoms with E-state index in [1.54, 1.807) is 0 Å². The van der Waals surface area contributed by atoms with Gasteiger partial charge >= 0.3 is 0 Å². The van der Waals surface area contributed by atoms with Crippen LogP contribution in [0.2, 0.25) is 0 Å². The summed E-state index contributed by atoms with van der Waals surface area (Å²) in [6.07, 6.45) is 0. The summed E-state index contributed by atoms with van der Waals surface area (Å²) in [7, 11) is 0. The average Bonchev–Trinajstić information content (AvgIpc) is 1.64. The van der Waals surface area contributed by atoms with E-state index in [0.717, 1.165) is 61.9 Å². The summed E-state index contributed by atoms with van der Waals surface area (Å²) >= 11 is 0. The lowest BCUT2D eigenvalue weighted by Gasteiger charge is -2.46. The SMILES string of the molecule is CC(C)(C)c1cc(-n2c3ccccc3c3c4c(ccc32)B2c3ccc(-n5c6ccccc6c6ccccc65)cc3N(c3c(-c5ccccc5)cc(C(C)(C)C)cc3-c3ccccc3)c3cccc(c32)N4c2c(-c3ccccc3)cc(C(C)(C)C)cc2-c2ccccc2)cc(C(C)(C)C)c1. The Morgan fingerprint density at radius 1 is 0.253 bits per heavy atom. The Labute approximate surface area is 584 Å². The largest absolute Gasteiger partial charge is 0.310 e. The number of anilines is 6. The number of benzene rings is 13. The second kappa shape index (κ2) is 22.9. The molecule has 0 fully saturated rings. The molecule has 0 atom stereocenters. The third-order valence-electron chi connectivity index (χ3n) is 21.3. The van der Waals surface area contributed by atoms with Crippen molar-refractivity contribution in [3.63, 3.8) is 0 Å². The molecule has 0 spiro atoms. The van der Waals surface area contributed by atoms with Crippen molar-refractivity contribution in [2.45, 2.75) is 105 Å². The van der Waals surface area contributed by atoms with Crippen LogP contribution in [0, 0.1) is 0 Å². The normalized spacial score (nSPS) is 13.2. The van der Waals surface area contributed by atoms with Gasteiger partial charge in [0.15, 0.2) is 0 Å². The van der Waals surface area contributed by atoms with Crippen LogP contribution in [0.25, 0.3) is 99.5 Å². The minimum Gasteiger partial charge on any atom is -0.310 e. The van der Waals surface area contributed by atoms with E-state index < -0.39 is 0 Å². The highest BCUT2D eigenvalue weighted by atomic mass is 15.2. The van der Waals surface area contributed by atoms with Gasteiger partial charge in [-0.05, 0) is 167 Å². The molecule has 4 nitrogen and oxygen atoms in total. The van der Waals surface area contributed by atoms with Crippen LogP contribution in [0.15, 0.2) is 285 Å². The molecule has 482 valence electrons. The van der Waals surface area contributed by atoms with Gasteiger partial charge in [0.2, 0.25) is 0 Å². The molecular weight excluding hydrogens is 1200 g/mol. The van der Waals surface area contributed by atoms with Crippen LogP contribution in [-0.2, 0) is 21.7 Å². The Morgan fingerprint density at radius 3 is 1.06 bits per heavy atom. The number of aromatic nitrogens is 2. The zero-order valence-corrected chi connectivity index (χ0v) is 59.0. The molecule has 0 aliphatic carbocycles. The lowest BCUT2D eigenvalue weighted by atomic mass is 9.33. The molecule has 0 radical (unpaired) electrons. The number of hydrogen-bond acceptors (Lipinski definition) is 2. The second-order valence-corrected chi connectivity index (χ2v) is 31.7. The molecule has 0 unspecified atom stereocenters. The molecule has 17 rings (SSSR count). The fourth-order valence-electron chi connectivity index (χ4n) is 16.1. The Balaban J connectivity index is 1.07. The average molecular weight is 1280 g/mol. The molecule has 13 aromatic carbocycles. The van der Waals surface area contributed by atoms with E-state index in [4.69, 9.17) is 0 Å². The first-order chi connectivity index (χ1) is 47.7. The van der Waals surface area contributed by atoms with Gasteiger partial charge in [-0.3, -0.25) is 0 Å². The molecule has 99 heavy (non-hydrogen) atoms. The predicted octanol–water partition coefficient (Wildman–Crippen LogP) is 23.8. The van der Waals surface area contributed by atoms with Gasteiger partial charge in [0.1, 0.15) is 0 Å². The van der Waals surface area contributed by atoms with Crippen molar-refractivity contribution in [2.75, 3.05) is 9.80 Å². The van der Waals surface area contributed by atoms with Gasteiger partial charge in [-0.15, -0.1) is 0 Å². The van der Waals surface area contributed by atoms with Gasteiger partial charge in [0.25, 0.3) is 6.71 Å². The third kappa shape index (κ3) is 10.1. The van der Waals surface area contributed by atoms with Gasteiger partial charge in [0.05, 0.1) is 39.1 Å². The fourth-order valence-corrected chi connectivity index (χ4v) is 16.1. The molecule has 0 bridgehead atoms. The maximum absolute atomic E-state index is 2.75. The number of nitrogens with zero attached hydrogens (tertiary/aromatic N) is 4. The molecule has 2 aromatic heterocycles. The molecular formula is C94H83BN4. The van der Waals surface area contributed by atoms with Crippen LogP contribution in [0.1, 0.15) is 105 Å². The van der Waals surface area contributed by atoms with Gasteiger partial charge in [-0.25, -0.2) is 0 Å². The van der Waals surface area contributed by atoms with Gasteiger partial charge in [-0.2, -0.15) is 0 Å². The predicted molar refractivity (Wildman–Crippen MR) is 426 cm³/mol. The van der Waals surface area contributed by atoms with Crippen LogP contribution in [-0.4, -0.2) is 15.8 Å². The molecule has 2 aliphatic rings. The van der Waals surface area contributed by atoms with Crippen LogP contribution in [0.3, 0.4) is 0 Å². The van der Waals surface area contributed by atoms with E-state index in [-0.39, 0.29) is 28.4 Å². The fraction of sp³-hybridized carbons (Fsp3) is 0.170. The lowest BCUT2D eigenvalue weighted by molar-refractivity contribution is 0.568. The van der Waals surface area contributed by atoms with Gasteiger partial charge in [0, 0.05) is 72.2 Å². The van der Waals surface area contributed by atoms with E-state index in [9.17, 15) is 0 Å². The highest BCUT2D eigenvalue weighted by Crippen LogP contribution is 2.56. The van der Waals surface area contributed by atoms with Crippen molar-refractivity contribution in [1.82, 2.24) is 9.13 Å². The second-order valence-electron chi connectivity index (χ2n) is 31.7. The maximum atomic E-state index is 2.75. The summed E-state index contributed by atoms with van der Waals surface area (Å²) in [5.74, 6) is 0. The first-order valence-corrected chi connectivity index (χ1v) is 35.4. The number of para-hydroxylation sites is 3. The van der Waals surface area contributed by atoms with Crippen LogP contribution >= 0.6 is 0 Å². The Kier molecular flexibility index (Phi) is 14.2. The minimum atomic E-state index is -0.229. The summed E-state index contributed by atoms with van der Waals surface area (Å²) < 4.78 is 5.09. The smallest absolute Gasteiger partial charge is 0.252 e. The highest BCUT2D eigenvalue weighted by Gasteiger charge is 2.47. The van der Waals surface area contributed by atoms with Crippen LogP contribution < -0.4 is 26.2 Å². The Morgan fingerprint density at radius 2 is 0.616 bits per heavy atom. The van der Waals surface area contributed by atoms with Crippen molar-refractivity contribution < 1.29 is 0 Å². The van der Waals surface area contributed by atoms with E-state index in [2.05, 4.69) is 387 Å². The van der Waals surface area contributed by atoms with E-state index in [1.165, 1.54) is 110 Å². The molecule has 0 saturated carbocycles. The molecule has 15 aromatic rings. The molecule has 0 N–H and O–H groups in total. The first-order valence-electron chi connectivity index (χ1n) is 35.4. The topological polar surface area (TPSA) is 16.3 Å². The van der Waals surface area contributed by atoms with Gasteiger partial charge in [-0.1, -0.05) is 283 Å². The van der Waals surface area contributed by atoms with Crippen molar-refractivity contribution in [3.05, 3.63) is 307 Å². The zero-order chi connectivity index (χ0) is 68.0. The summed E-state index contributed by atoms with van der Waals surface area (Å²) in [4.78, 5) is 5.45. The molecule has 0 amide bonds. The molecule has 5 heteroatoms. The van der Waals surface area contributed by atoms with Crippen molar-refractivity contribution in [1.29, 1.82) is 0 Å². The summed E-state index contributed by atoms with van der Waals surface area (Å²) in [6, 6.07) is 109. The quantitative estimate of drug-likeness (QED) is 0.141. The Bertz CT molecular complexity index is 5500.